The maximum absolute atomic E-state index is 4.24. The third kappa shape index (κ3) is 2.37. The van der Waals surface area contributed by atoms with E-state index in [1.807, 2.05) is 12.4 Å². The molecule has 1 aromatic heterocycles. The van der Waals surface area contributed by atoms with Gasteiger partial charge in [0.05, 0.1) is 0 Å². The van der Waals surface area contributed by atoms with E-state index in [-0.39, 0.29) is 0 Å². The number of pyridine rings is 1. The molecule has 0 amide bonds. The minimum Gasteiger partial charge on any atom is -0.316 e. The molecule has 1 unspecified atom stereocenters. The molecule has 82 valence electrons. The van der Waals surface area contributed by atoms with Gasteiger partial charge in [0.2, 0.25) is 0 Å². The van der Waals surface area contributed by atoms with Crippen molar-refractivity contribution in [2.45, 2.75) is 38.5 Å². The van der Waals surface area contributed by atoms with E-state index >= 15 is 0 Å². The fourth-order valence-electron chi connectivity index (χ4n) is 2.39. The second kappa shape index (κ2) is 4.75. The molecule has 0 aromatic carbocycles. The van der Waals surface area contributed by atoms with E-state index in [1.54, 1.807) is 0 Å². The molecule has 2 rings (SSSR count). The van der Waals surface area contributed by atoms with Gasteiger partial charge in [-0.25, -0.2) is 0 Å². The fourth-order valence-corrected chi connectivity index (χ4v) is 2.39. The zero-order valence-corrected chi connectivity index (χ0v) is 9.66. The predicted molar refractivity (Wildman–Crippen MR) is 63.2 cm³/mol. The Morgan fingerprint density at radius 1 is 1.47 bits per heavy atom. The molecule has 1 N–H and O–H groups in total. The second-order valence-corrected chi connectivity index (χ2v) is 4.70. The van der Waals surface area contributed by atoms with Crippen LogP contribution in [0.1, 0.15) is 49.7 Å². The molecular formula is C13H20N2. The summed E-state index contributed by atoms with van der Waals surface area (Å²) in [7, 11) is 0. The number of nitrogens with zero attached hydrogens (tertiary/aromatic N) is 1. The van der Waals surface area contributed by atoms with Gasteiger partial charge >= 0.3 is 0 Å². The molecule has 2 heteroatoms. The minimum absolute atomic E-state index is 0.579. The lowest BCUT2D eigenvalue weighted by Gasteiger charge is -2.26. The van der Waals surface area contributed by atoms with Crippen LogP contribution in [0.25, 0.3) is 0 Å². The highest BCUT2D eigenvalue weighted by Crippen LogP contribution is 2.29. The molecular weight excluding hydrogens is 184 g/mol. The summed E-state index contributed by atoms with van der Waals surface area (Å²) in [5.74, 6) is 1.27. The maximum Gasteiger partial charge on any atom is 0.0305 e. The highest BCUT2D eigenvalue weighted by atomic mass is 14.9. The van der Waals surface area contributed by atoms with Crippen molar-refractivity contribution in [2.75, 3.05) is 13.1 Å². The lowest BCUT2D eigenvalue weighted by molar-refractivity contribution is 0.458. The van der Waals surface area contributed by atoms with Crippen LogP contribution in [0.15, 0.2) is 18.5 Å². The van der Waals surface area contributed by atoms with Crippen LogP contribution in [0.5, 0.6) is 0 Å². The molecule has 0 spiro atoms. The Labute approximate surface area is 92.1 Å². The zero-order valence-electron chi connectivity index (χ0n) is 9.66. The molecule has 1 aromatic rings. The van der Waals surface area contributed by atoms with Gasteiger partial charge in [-0.1, -0.05) is 13.8 Å². The van der Waals surface area contributed by atoms with Gasteiger partial charge in [-0.2, -0.15) is 0 Å². The van der Waals surface area contributed by atoms with Crippen molar-refractivity contribution in [3.8, 4) is 0 Å². The second-order valence-electron chi connectivity index (χ2n) is 4.70. The van der Waals surface area contributed by atoms with Crippen molar-refractivity contribution in [2.24, 2.45) is 0 Å². The standard InChI is InChI=1S/C13H20N2/c1-10(2)13-9-15-7-5-12(13)11-4-3-6-14-8-11/h5,7,9-11,14H,3-4,6,8H2,1-2H3. The summed E-state index contributed by atoms with van der Waals surface area (Å²) in [6.07, 6.45) is 6.58. The van der Waals surface area contributed by atoms with Gasteiger partial charge in [0.1, 0.15) is 0 Å². The van der Waals surface area contributed by atoms with E-state index in [4.69, 9.17) is 0 Å². The average Bonchev–Trinajstić information content (AvgIpc) is 2.30. The number of piperidine rings is 1. The number of hydrogen-bond acceptors (Lipinski definition) is 2. The molecule has 1 fully saturated rings. The van der Waals surface area contributed by atoms with Crippen molar-refractivity contribution in [3.05, 3.63) is 29.6 Å². The van der Waals surface area contributed by atoms with Crippen LogP contribution in [0, 0.1) is 0 Å². The quantitative estimate of drug-likeness (QED) is 0.801. The van der Waals surface area contributed by atoms with Gasteiger partial charge in [0, 0.05) is 18.9 Å². The minimum atomic E-state index is 0.579. The lowest BCUT2D eigenvalue weighted by atomic mass is 9.86. The van der Waals surface area contributed by atoms with E-state index in [1.165, 1.54) is 30.5 Å². The first-order valence-electron chi connectivity index (χ1n) is 5.93. The highest BCUT2D eigenvalue weighted by molar-refractivity contribution is 5.30. The van der Waals surface area contributed by atoms with Crippen LogP contribution in [0.3, 0.4) is 0 Å². The summed E-state index contributed by atoms with van der Waals surface area (Å²) >= 11 is 0. The smallest absolute Gasteiger partial charge is 0.0305 e. The van der Waals surface area contributed by atoms with Gasteiger partial charge < -0.3 is 5.32 Å². The molecule has 0 bridgehead atoms. The topological polar surface area (TPSA) is 24.9 Å². The largest absolute Gasteiger partial charge is 0.316 e. The molecule has 2 nitrogen and oxygen atoms in total. The maximum atomic E-state index is 4.24. The lowest BCUT2D eigenvalue weighted by Crippen LogP contribution is -2.29. The third-order valence-electron chi connectivity index (χ3n) is 3.25. The Bertz CT molecular complexity index is 314. The summed E-state index contributed by atoms with van der Waals surface area (Å²) in [6, 6.07) is 2.20. The van der Waals surface area contributed by atoms with Crippen LogP contribution in [0.2, 0.25) is 0 Å². The van der Waals surface area contributed by atoms with Crippen LogP contribution < -0.4 is 5.32 Å². The first-order chi connectivity index (χ1) is 7.29. The predicted octanol–water partition coefficient (Wildman–Crippen LogP) is 2.67. The van der Waals surface area contributed by atoms with Gasteiger partial charge in [0.25, 0.3) is 0 Å². The summed E-state index contributed by atoms with van der Waals surface area (Å²) in [5, 5.41) is 3.48. The first kappa shape index (κ1) is 10.6. The average molecular weight is 204 g/mol. The Morgan fingerprint density at radius 2 is 2.33 bits per heavy atom. The van der Waals surface area contributed by atoms with Crippen LogP contribution in [-0.2, 0) is 0 Å². The van der Waals surface area contributed by atoms with Gasteiger partial charge in [0.15, 0.2) is 0 Å². The molecule has 1 aliphatic heterocycles. The third-order valence-corrected chi connectivity index (χ3v) is 3.25. The van der Waals surface area contributed by atoms with E-state index in [0.29, 0.717) is 11.8 Å². The zero-order chi connectivity index (χ0) is 10.7. The number of nitrogens with one attached hydrogen (secondary N) is 1. The first-order valence-corrected chi connectivity index (χ1v) is 5.93. The number of aromatic nitrogens is 1. The van der Waals surface area contributed by atoms with Gasteiger partial charge in [-0.3, -0.25) is 4.98 Å². The molecule has 2 heterocycles. The number of hydrogen-bond donors (Lipinski definition) is 1. The van der Waals surface area contributed by atoms with Gasteiger partial charge in [-0.15, -0.1) is 0 Å². The van der Waals surface area contributed by atoms with Crippen LogP contribution >= 0.6 is 0 Å². The molecule has 0 saturated carbocycles. The Hall–Kier alpha value is -0.890. The summed E-state index contributed by atoms with van der Waals surface area (Å²) < 4.78 is 0. The van der Waals surface area contributed by atoms with E-state index < -0.39 is 0 Å². The Balaban J connectivity index is 2.25. The molecule has 1 aliphatic rings. The molecule has 1 saturated heterocycles. The van der Waals surface area contributed by atoms with Crippen LogP contribution in [-0.4, -0.2) is 18.1 Å². The highest BCUT2D eigenvalue weighted by Gasteiger charge is 2.18. The van der Waals surface area contributed by atoms with Crippen molar-refractivity contribution >= 4 is 0 Å². The molecule has 0 aliphatic carbocycles. The molecule has 1 atom stereocenters. The van der Waals surface area contributed by atoms with E-state index in [0.717, 1.165) is 6.54 Å². The van der Waals surface area contributed by atoms with Crippen LogP contribution in [0.4, 0.5) is 0 Å². The van der Waals surface area contributed by atoms with Gasteiger partial charge in [-0.05, 0) is 48.4 Å². The summed E-state index contributed by atoms with van der Waals surface area (Å²) in [4.78, 5) is 4.24. The Morgan fingerprint density at radius 3 is 3.00 bits per heavy atom. The van der Waals surface area contributed by atoms with Crippen molar-refractivity contribution in [1.29, 1.82) is 0 Å². The van der Waals surface area contributed by atoms with E-state index in [2.05, 4.69) is 30.2 Å². The van der Waals surface area contributed by atoms with Crippen molar-refractivity contribution in [1.82, 2.24) is 10.3 Å². The summed E-state index contributed by atoms with van der Waals surface area (Å²) in [6.45, 7) is 6.80. The SMILES string of the molecule is CC(C)c1cnccc1C1CCCNC1. The molecule has 15 heavy (non-hydrogen) atoms. The monoisotopic (exact) mass is 204 g/mol. The van der Waals surface area contributed by atoms with Crippen molar-refractivity contribution in [3.63, 3.8) is 0 Å². The summed E-state index contributed by atoms with van der Waals surface area (Å²) in [5.41, 5.74) is 2.93. The Kier molecular flexibility index (Phi) is 3.37. The normalized spacial score (nSPS) is 21.9. The van der Waals surface area contributed by atoms with Crippen molar-refractivity contribution < 1.29 is 0 Å². The van der Waals surface area contributed by atoms with E-state index in [9.17, 15) is 0 Å². The molecule has 0 radical (unpaired) electrons. The fraction of sp³-hybridized carbons (Fsp3) is 0.615. The number of rotatable bonds is 2.